The van der Waals surface area contributed by atoms with Gasteiger partial charge in [0, 0.05) is 5.69 Å². The summed E-state index contributed by atoms with van der Waals surface area (Å²) >= 11 is 0. The summed E-state index contributed by atoms with van der Waals surface area (Å²) in [5.74, 6) is 2.81. The first-order valence-electron chi connectivity index (χ1n) is 12.4. The van der Waals surface area contributed by atoms with Crippen LogP contribution in [-0.4, -0.2) is 6.03 Å². The molecule has 0 aromatic heterocycles. The second-order valence-corrected chi connectivity index (χ2v) is 10.6. The molecule has 2 N–H and O–H groups in total. The van der Waals surface area contributed by atoms with Crippen LogP contribution in [0.5, 0.6) is 0 Å². The molecule has 4 fully saturated rings. The molecule has 2 amide bonds. The molecule has 7 rings (SSSR count). The maximum Gasteiger partial charge on any atom is 0.319 e. The molecule has 0 unspecified atom stereocenters. The molecule has 0 aliphatic heterocycles. The van der Waals surface area contributed by atoms with Gasteiger partial charge in [0.15, 0.2) is 0 Å². The van der Waals surface area contributed by atoms with E-state index in [0.29, 0.717) is 5.41 Å². The largest absolute Gasteiger partial charge is 0.327 e. The van der Waals surface area contributed by atoms with E-state index in [9.17, 15) is 4.79 Å². The lowest BCUT2D eigenvalue weighted by Gasteiger charge is -2.57. The Balaban J connectivity index is 1.17. The van der Waals surface area contributed by atoms with Crippen molar-refractivity contribution in [3.05, 3.63) is 102 Å². The summed E-state index contributed by atoms with van der Waals surface area (Å²) in [5, 5.41) is 6.23. The zero-order chi connectivity index (χ0) is 22.3. The maximum atomic E-state index is 13.0. The lowest BCUT2D eigenvalue weighted by molar-refractivity contribution is -0.00518. The number of rotatable bonds is 5. The predicted molar refractivity (Wildman–Crippen MR) is 133 cm³/mol. The summed E-state index contributed by atoms with van der Waals surface area (Å²) in [6, 6.07) is 28.6. The zero-order valence-electron chi connectivity index (χ0n) is 19.0. The highest BCUT2D eigenvalue weighted by molar-refractivity contribution is 5.89. The second-order valence-electron chi connectivity index (χ2n) is 10.6. The highest BCUT2D eigenvalue weighted by atomic mass is 16.2. The molecule has 33 heavy (non-hydrogen) atoms. The van der Waals surface area contributed by atoms with E-state index < -0.39 is 0 Å². The maximum absolute atomic E-state index is 13.0. The van der Waals surface area contributed by atoms with E-state index in [1.54, 1.807) is 0 Å². The SMILES string of the molecule is O=C(Nc1ccc(C23CC4CC(CC(C4)C2)C3)cc1)NC(c1ccccc1)c1ccccc1. The number of hydrogen-bond donors (Lipinski definition) is 2. The van der Waals surface area contributed by atoms with Crippen LogP contribution in [0.2, 0.25) is 0 Å². The molecule has 0 saturated heterocycles. The van der Waals surface area contributed by atoms with Gasteiger partial charge in [-0.15, -0.1) is 0 Å². The van der Waals surface area contributed by atoms with Crippen LogP contribution in [0.15, 0.2) is 84.9 Å². The Morgan fingerprint density at radius 2 is 1.18 bits per heavy atom. The Kier molecular flexibility index (Phi) is 5.21. The standard InChI is InChI=1S/C30H32N2O/c33-29(32-28(24-7-3-1-4-8-24)25-9-5-2-6-10-25)31-27-13-11-26(12-14-27)30-18-21-15-22(19-30)17-23(16-21)20-30/h1-14,21-23,28H,15-20H2,(H2,31,32,33). The van der Waals surface area contributed by atoms with Gasteiger partial charge >= 0.3 is 6.03 Å². The first-order chi connectivity index (χ1) is 16.2. The molecule has 4 aliphatic carbocycles. The van der Waals surface area contributed by atoms with Crippen molar-refractivity contribution in [1.82, 2.24) is 5.32 Å². The number of carbonyl (C=O) groups is 1. The summed E-state index contributed by atoms with van der Waals surface area (Å²) in [6.45, 7) is 0. The Morgan fingerprint density at radius 3 is 1.67 bits per heavy atom. The smallest absolute Gasteiger partial charge is 0.319 e. The minimum absolute atomic E-state index is 0.185. The number of urea groups is 1. The topological polar surface area (TPSA) is 41.1 Å². The third-order valence-electron chi connectivity index (χ3n) is 8.33. The molecule has 4 bridgehead atoms. The molecule has 4 saturated carbocycles. The van der Waals surface area contributed by atoms with Crippen LogP contribution in [0, 0.1) is 17.8 Å². The van der Waals surface area contributed by atoms with E-state index in [1.165, 1.54) is 44.1 Å². The highest BCUT2D eigenvalue weighted by Gasteiger charge is 2.51. The Hall–Kier alpha value is -3.07. The first kappa shape index (κ1) is 20.5. The number of amides is 2. The summed E-state index contributed by atoms with van der Waals surface area (Å²) in [4.78, 5) is 13.0. The Bertz CT molecular complexity index is 1030. The normalized spacial score (nSPS) is 27.5. The number of nitrogens with one attached hydrogen (secondary N) is 2. The van der Waals surface area contributed by atoms with Crippen LogP contribution in [0.3, 0.4) is 0 Å². The average molecular weight is 437 g/mol. The molecule has 3 heteroatoms. The van der Waals surface area contributed by atoms with Crippen LogP contribution in [0.1, 0.15) is 61.3 Å². The number of carbonyl (C=O) groups excluding carboxylic acids is 1. The van der Waals surface area contributed by atoms with Gasteiger partial charge in [-0.3, -0.25) is 0 Å². The predicted octanol–water partition coefficient (Wildman–Crippen LogP) is 7.07. The molecule has 3 nitrogen and oxygen atoms in total. The van der Waals surface area contributed by atoms with Gasteiger partial charge in [-0.25, -0.2) is 4.79 Å². The quantitative estimate of drug-likeness (QED) is 0.441. The monoisotopic (exact) mass is 436 g/mol. The summed E-state index contributed by atoms with van der Waals surface area (Å²) < 4.78 is 0. The Morgan fingerprint density at radius 1 is 0.697 bits per heavy atom. The van der Waals surface area contributed by atoms with Crippen molar-refractivity contribution in [1.29, 1.82) is 0 Å². The van der Waals surface area contributed by atoms with E-state index in [0.717, 1.165) is 34.6 Å². The van der Waals surface area contributed by atoms with E-state index in [4.69, 9.17) is 0 Å². The minimum Gasteiger partial charge on any atom is -0.327 e. The van der Waals surface area contributed by atoms with Gasteiger partial charge in [0.1, 0.15) is 0 Å². The van der Waals surface area contributed by atoms with Crippen LogP contribution in [0.4, 0.5) is 10.5 Å². The molecule has 0 radical (unpaired) electrons. The molecular weight excluding hydrogens is 404 g/mol. The van der Waals surface area contributed by atoms with E-state index in [2.05, 4.69) is 59.2 Å². The van der Waals surface area contributed by atoms with E-state index in [-0.39, 0.29) is 12.1 Å². The molecule has 0 atom stereocenters. The molecule has 4 aliphatic rings. The van der Waals surface area contributed by atoms with Crippen LogP contribution >= 0.6 is 0 Å². The van der Waals surface area contributed by atoms with Crippen LogP contribution in [0.25, 0.3) is 0 Å². The van der Waals surface area contributed by atoms with Gasteiger partial charge in [0.05, 0.1) is 6.04 Å². The zero-order valence-corrected chi connectivity index (χ0v) is 19.0. The second kappa shape index (κ2) is 8.37. The lowest BCUT2D eigenvalue weighted by atomic mass is 9.48. The fourth-order valence-electron chi connectivity index (χ4n) is 7.32. The fourth-order valence-corrected chi connectivity index (χ4v) is 7.32. The van der Waals surface area contributed by atoms with Gasteiger partial charge in [-0.05, 0) is 90.5 Å². The first-order valence-corrected chi connectivity index (χ1v) is 12.4. The van der Waals surface area contributed by atoms with E-state index in [1.807, 2.05) is 36.4 Å². The summed E-state index contributed by atoms with van der Waals surface area (Å²) in [5.41, 5.74) is 4.85. The van der Waals surface area contributed by atoms with Crippen LogP contribution < -0.4 is 10.6 Å². The van der Waals surface area contributed by atoms with Crippen molar-refractivity contribution < 1.29 is 4.79 Å². The fraction of sp³-hybridized carbons (Fsp3) is 0.367. The molecule has 0 spiro atoms. The molecule has 3 aromatic carbocycles. The van der Waals surface area contributed by atoms with E-state index >= 15 is 0 Å². The molecule has 168 valence electrons. The number of hydrogen-bond acceptors (Lipinski definition) is 1. The van der Waals surface area contributed by atoms with Gasteiger partial charge in [0.25, 0.3) is 0 Å². The van der Waals surface area contributed by atoms with Gasteiger partial charge in [-0.1, -0.05) is 72.8 Å². The Labute approximate surface area is 196 Å². The van der Waals surface area contributed by atoms with Crippen LogP contribution in [-0.2, 0) is 5.41 Å². The molecule has 3 aromatic rings. The van der Waals surface area contributed by atoms with Crippen molar-refractivity contribution in [3.63, 3.8) is 0 Å². The van der Waals surface area contributed by atoms with Gasteiger partial charge in [0.2, 0.25) is 0 Å². The molecule has 0 heterocycles. The van der Waals surface area contributed by atoms with Crippen molar-refractivity contribution >= 4 is 11.7 Å². The average Bonchev–Trinajstić information content (AvgIpc) is 2.83. The number of anilines is 1. The number of benzene rings is 3. The van der Waals surface area contributed by atoms with Gasteiger partial charge < -0.3 is 10.6 Å². The van der Waals surface area contributed by atoms with Gasteiger partial charge in [-0.2, -0.15) is 0 Å². The highest BCUT2D eigenvalue weighted by Crippen LogP contribution is 2.60. The van der Waals surface area contributed by atoms with Crippen molar-refractivity contribution in [2.75, 3.05) is 5.32 Å². The lowest BCUT2D eigenvalue weighted by Crippen LogP contribution is -2.48. The third-order valence-corrected chi connectivity index (χ3v) is 8.33. The van der Waals surface area contributed by atoms with Crippen molar-refractivity contribution in [2.45, 2.75) is 50.0 Å². The minimum atomic E-state index is -0.196. The summed E-state index contributed by atoms with van der Waals surface area (Å²) in [7, 11) is 0. The third kappa shape index (κ3) is 4.06. The van der Waals surface area contributed by atoms with Crippen molar-refractivity contribution in [2.24, 2.45) is 17.8 Å². The van der Waals surface area contributed by atoms with Crippen molar-refractivity contribution in [3.8, 4) is 0 Å². The summed E-state index contributed by atoms with van der Waals surface area (Å²) in [6.07, 6.45) is 8.47. The molecular formula is C30H32N2O.